The number of anilines is 1. The molecule has 2 aromatic heterocycles. The molecule has 1 saturated heterocycles. The van der Waals surface area contributed by atoms with Gasteiger partial charge in [0.1, 0.15) is 11.6 Å². The van der Waals surface area contributed by atoms with Crippen LogP contribution in [0.25, 0.3) is 0 Å². The quantitative estimate of drug-likeness (QED) is 0.911. The summed E-state index contributed by atoms with van der Waals surface area (Å²) in [6.07, 6.45) is 5.71. The van der Waals surface area contributed by atoms with E-state index in [4.69, 9.17) is 9.26 Å². The van der Waals surface area contributed by atoms with Gasteiger partial charge in [0.2, 0.25) is 0 Å². The molecule has 1 fully saturated rings. The van der Waals surface area contributed by atoms with Crippen LogP contribution >= 0.6 is 0 Å². The zero-order chi connectivity index (χ0) is 17.1. The minimum atomic E-state index is -0.177. The first-order valence-electron chi connectivity index (χ1n) is 8.85. The second-order valence-corrected chi connectivity index (χ2v) is 6.41. The topological polar surface area (TPSA) is 80.5 Å². The van der Waals surface area contributed by atoms with E-state index in [-0.39, 0.29) is 5.91 Å². The average molecular weight is 342 g/mol. The third kappa shape index (κ3) is 3.37. The molecule has 25 heavy (non-hydrogen) atoms. The van der Waals surface area contributed by atoms with Gasteiger partial charge in [-0.15, -0.1) is 0 Å². The number of carbonyl (C=O) groups excluding carboxylic acids is 1. The summed E-state index contributed by atoms with van der Waals surface area (Å²) in [5.74, 6) is 1.60. The summed E-state index contributed by atoms with van der Waals surface area (Å²) in [6.45, 7) is 3.45. The predicted octanol–water partition coefficient (Wildman–Crippen LogP) is 1.71. The number of amides is 1. The molecule has 0 aromatic carbocycles. The first-order valence-corrected chi connectivity index (χ1v) is 8.85. The van der Waals surface area contributed by atoms with Crippen molar-refractivity contribution in [3.05, 3.63) is 40.9 Å². The minimum absolute atomic E-state index is 0.177. The van der Waals surface area contributed by atoms with E-state index in [1.54, 1.807) is 6.20 Å². The van der Waals surface area contributed by atoms with Crippen molar-refractivity contribution in [1.29, 1.82) is 0 Å². The Hall–Kier alpha value is -2.41. The van der Waals surface area contributed by atoms with Gasteiger partial charge in [0.25, 0.3) is 5.91 Å². The van der Waals surface area contributed by atoms with Crippen LogP contribution in [0.4, 0.5) is 5.82 Å². The van der Waals surface area contributed by atoms with Crippen LogP contribution < -0.4 is 10.2 Å². The van der Waals surface area contributed by atoms with Crippen LogP contribution in [-0.4, -0.2) is 42.4 Å². The molecule has 1 aliphatic heterocycles. The summed E-state index contributed by atoms with van der Waals surface area (Å²) in [7, 11) is 0. The van der Waals surface area contributed by atoms with Crippen LogP contribution in [-0.2, 0) is 24.1 Å². The number of aryl methyl sites for hydroxylation is 1. The number of morpholine rings is 1. The zero-order valence-electron chi connectivity index (χ0n) is 14.2. The summed E-state index contributed by atoms with van der Waals surface area (Å²) in [4.78, 5) is 19.2. The molecule has 0 unspecified atom stereocenters. The highest BCUT2D eigenvalue weighted by Gasteiger charge is 2.24. The van der Waals surface area contributed by atoms with Crippen LogP contribution in [0, 0.1) is 0 Å². The highest BCUT2D eigenvalue weighted by atomic mass is 16.5. The third-order valence-corrected chi connectivity index (χ3v) is 4.78. The Labute approximate surface area is 146 Å². The zero-order valence-corrected chi connectivity index (χ0v) is 14.2. The van der Waals surface area contributed by atoms with E-state index in [0.717, 1.165) is 61.5 Å². The number of ether oxygens (including phenoxy) is 1. The number of fused-ring (bicyclic) bond motifs is 1. The van der Waals surface area contributed by atoms with E-state index in [9.17, 15) is 4.79 Å². The van der Waals surface area contributed by atoms with E-state index in [1.807, 2.05) is 12.1 Å². The normalized spacial score (nSPS) is 17.2. The molecule has 0 bridgehead atoms. The predicted molar refractivity (Wildman–Crippen MR) is 91.6 cm³/mol. The Bertz CT molecular complexity index is 753. The molecular formula is C18H22N4O3. The van der Waals surface area contributed by atoms with Crippen molar-refractivity contribution in [1.82, 2.24) is 15.5 Å². The number of nitrogens with one attached hydrogen (secondary N) is 1. The number of hydrogen-bond acceptors (Lipinski definition) is 6. The highest BCUT2D eigenvalue weighted by Crippen LogP contribution is 2.24. The van der Waals surface area contributed by atoms with E-state index in [1.165, 1.54) is 0 Å². The van der Waals surface area contributed by atoms with Gasteiger partial charge in [-0.2, -0.15) is 0 Å². The number of rotatable bonds is 4. The van der Waals surface area contributed by atoms with Crippen molar-refractivity contribution in [2.24, 2.45) is 0 Å². The summed E-state index contributed by atoms with van der Waals surface area (Å²) in [6, 6.07) is 3.89. The summed E-state index contributed by atoms with van der Waals surface area (Å²) in [5, 5.41) is 6.96. The molecule has 0 radical (unpaired) electrons. The van der Waals surface area contributed by atoms with Crippen molar-refractivity contribution in [3.63, 3.8) is 0 Å². The molecule has 7 nitrogen and oxygen atoms in total. The van der Waals surface area contributed by atoms with Crippen LogP contribution in [0.5, 0.6) is 0 Å². The number of carbonyl (C=O) groups is 1. The van der Waals surface area contributed by atoms with E-state index >= 15 is 0 Å². The lowest BCUT2D eigenvalue weighted by Crippen LogP contribution is -2.38. The van der Waals surface area contributed by atoms with Crippen LogP contribution in [0.3, 0.4) is 0 Å². The smallest absolute Gasteiger partial charge is 0.274 e. The van der Waals surface area contributed by atoms with Crippen molar-refractivity contribution in [2.45, 2.75) is 32.2 Å². The number of hydrogen-bond donors (Lipinski definition) is 1. The van der Waals surface area contributed by atoms with Gasteiger partial charge in [0, 0.05) is 43.4 Å². The molecule has 132 valence electrons. The lowest BCUT2D eigenvalue weighted by molar-refractivity contribution is 0.0940. The molecule has 1 amide bonds. The minimum Gasteiger partial charge on any atom is -0.378 e. The number of nitrogens with zero attached hydrogens (tertiary/aromatic N) is 3. The van der Waals surface area contributed by atoms with Gasteiger partial charge >= 0.3 is 0 Å². The van der Waals surface area contributed by atoms with E-state index in [2.05, 4.69) is 20.4 Å². The average Bonchev–Trinajstić information content (AvgIpc) is 3.11. The molecule has 0 atom stereocenters. The van der Waals surface area contributed by atoms with Crippen molar-refractivity contribution < 1.29 is 14.1 Å². The lowest BCUT2D eigenvalue weighted by atomic mass is 9.96. The van der Waals surface area contributed by atoms with Crippen LogP contribution in [0.2, 0.25) is 0 Å². The SMILES string of the molecule is O=C(NCc1cccnc1N1CCOCC1)c1noc2c1CCCC2. The summed E-state index contributed by atoms with van der Waals surface area (Å²) >= 11 is 0. The van der Waals surface area contributed by atoms with Gasteiger partial charge in [0.05, 0.1) is 13.2 Å². The molecule has 0 saturated carbocycles. The molecule has 2 aromatic rings. The van der Waals surface area contributed by atoms with Gasteiger partial charge in [-0.3, -0.25) is 4.79 Å². The van der Waals surface area contributed by atoms with Gasteiger partial charge < -0.3 is 19.5 Å². The maximum Gasteiger partial charge on any atom is 0.274 e. The Morgan fingerprint density at radius 3 is 2.96 bits per heavy atom. The number of pyridine rings is 1. The Morgan fingerprint density at radius 1 is 1.24 bits per heavy atom. The highest BCUT2D eigenvalue weighted by molar-refractivity contribution is 5.93. The van der Waals surface area contributed by atoms with Gasteiger partial charge in [-0.1, -0.05) is 11.2 Å². The molecular weight excluding hydrogens is 320 g/mol. The largest absolute Gasteiger partial charge is 0.378 e. The summed E-state index contributed by atoms with van der Waals surface area (Å²) in [5.41, 5.74) is 2.41. The molecule has 2 aliphatic rings. The molecule has 0 spiro atoms. The molecule has 7 heteroatoms. The van der Waals surface area contributed by atoms with Crippen LogP contribution in [0.1, 0.15) is 40.2 Å². The van der Waals surface area contributed by atoms with Gasteiger partial charge in [-0.05, 0) is 25.3 Å². The van der Waals surface area contributed by atoms with Gasteiger partial charge in [0.15, 0.2) is 5.69 Å². The van der Waals surface area contributed by atoms with E-state index < -0.39 is 0 Å². The molecule has 3 heterocycles. The fourth-order valence-electron chi connectivity index (χ4n) is 3.45. The second-order valence-electron chi connectivity index (χ2n) is 6.41. The van der Waals surface area contributed by atoms with Crippen molar-refractivity contribution >= 4 is 11.7 Å². The molecule has 4 rings (SSSR count). The van der Waals surface area contributed by atoms with E-state index in [0.29, 0.717) is 25.5 Å². The monoisotopic (exact) mass is 342 g/mol. The van der Waals surface area contributed by atoms with Crippen LogP contribution in [0.15, 0.2) is 22.9 Å². The number of aromatic nitrogens is 2. The Morgan fingerprint density at radius 2 is 2.08 bits per heavy atom. The summed E-state index contributed by atoms with van der Waals surface area (Å²) < 4.78 is 10.7. The Kier molecular flexibility index (Phi) is 4.65. The van der Waals surface area contributed by atoms with Crippen molar-refractivity contribution in [3.8, 4) is 0 Å². The third-order valence-electron chi connectivity index (χ3n) is 4.78. The maximum atomic E-state index is 12.6. The molecule has 1 aliphatic carbocycles. The standard InChI is InChI=1S/C18H22N4O3/c23-18(16-14-5-1-2-6-15(14)25-21-16)20-12-13-4-3-7-19-17(13)22-8-10-24-11-9-22/h3-4,7H,1-2,5-6,8-12H2,(H,20,23). The molecule has 1 N–H and O–H groups in total. The second kappa shape index (κ2) is 7.23. The Balaban J connectivity index is 1.46. The first-order chi connectivity index (χ1) is 12.3. The lowest BCUT2D eigenvalue weighted by Gasteiger charge is -2.29. The maximum absolute atomic E-state index is 12.6. The van der Waals surface area contributed by atoms with Gasteiger partial charge in [-0.25, -0.2) is 4.98 Å². The van der Waals surface area contributed by atoms with Crippen molar-refractivity contribution in [2.75, 3.05) is 31.2 Å². The fourth-order valence-corrected chi connectivity index (χ4v) is 3.45. The first kappa shape index (κ1) is 16.1. The fraction of sp³-hybridized carbons (Fsp3) is 0.500.